The zero-order valence-electron chi connectivity index (χ0n) is 16.5. The summed E-state index contributed by atoms with van der Waals surface area (Å²) in [6, 6.07) is 9.41. The van der Waals surface area contributed by atoms with E-state index in [2.05, 4.69) is 27.4 Å². The minimum absolute atomic E-state index is 0.113. The fraction of sp³-hybridized carbons (Fsp3) is 0.409. The molecule has 4 rings (SSSR count). The van der Waals surface area contributed by atoms with E-state index in [1.807, 2.05) is 37.1 Å². The molecule has 0 unspecified atom stereocenters. The van der Waals surface area contributed by atoms with Crippen molar-refractivity contribution in [3.63, 3.8) is 0 Å². The van der Waals surface area contributed by atoms with Crippen LogP contribution < -0.4 is 9.80 Å². The van der Waals surface area contributed by atoms with Crippen LogP contribution in [0.5, 0.6) is 0 Å². The smallest absolute Gasteiger partial charge is 0.276 e. The van der Waals surface area contributed by atoms with Crippen LogP contribution in [0, 0.1) is 13.8 Å². The standard InChI is InChI=1S/C22H26F2N4/c1-16-4-6-20-19(14-16)22(23,24)8-9-28(20)18(3)26-10-12-27(13-11-26)21-7-5-17(2)15-25-21/h4-7,14-15H,3,8-13H2,1-2H3. The number of aryl methyl sites for hydroxylation is 2. The molecular weight excluding hydrogens is 358 g/mol. The number of pyridine rings is 1. The molecular formula is C22H26F2N4. The highest BCUT2D eigenvalue weighted by molar-refractivity contribution is 5.62. The van der Waals surface area contributed by atoms with E-state index in [1.54, 1.807) is 12.1 Å². The van der Waals surface area contributed by atoms with Crippen LogP contribution in [0.1, 0.15) is 23.1 Å². The Hall–Kier alpha value is -2.63. The predicted molar refractivity (Wildman–Crippen MR) is 109 cm³/mol. The summed E-state index contributed by atoms with van der Waals surface area (Å²) in [6.07, 6.45) is 1.70. The van der Waals surface area contributed by atoms with Crippen molar-refractivity contribution in [1.29, 1.82) is 0 Å². The Morgan fingerprint density at radius 3 is 2.39 bits per heavy atom. The van der Waals surface area contributed by atoms with Crippen molar-refractivity contribution in [3.8, 4) is 0 Å². The van der Waals surface area contributed by atoms with E-state index < -0.39 is 5.92 Å². The van der Waals surface area contributed by atoms with Crippen LogP contribution in [0.15, 0.2) is 48.9 Å². The normalized spacial score (nSPS) is 18.8. The number of nitrogens with zero attached hydrogens (tertiary/aromatic N) is 4. The molecule has 28 heavy (non-hydrogen) atoms. The topological polar surface area (TPSA) is 22.6 Å². The third-order valence-electron chi connectivity index (χ3n) is 5.66. The number of alkyl halides is 2. The van der Waals surface area contributed by atoms with Crippen molar-refractivity contribution in [2.75, 3.05) is 42.5 Å². The van der Waals surface area contributed by atoms with E-state index in [4.69, 9.17) is 0 Å². The van der Waals surface area contributed by atoms with Crippen molar-refractivity contribution in [1.82, 2.24) is 9.88 Å². The largest absolute Gasteiger partial charge is 0.355 e. The van der Waals surface area contributed by atoms with Crippen molar-refractivity contribution in [2.45, 2.75) is 26.2 Å². The zero-order valence-corrected chi connectivity index (χ0v) is 16.5. The lowest BCUT2D eigenvalue weighted by Gasteiger charge is -2.44. The number of benzene rings is 1. The molecule has 148 valence electrons. The summed E-state index contributed by atoms with van der Waals surface area (Å²) in [5.41, 5.74) is 2.69. The molecule has 2 aliphatic heterocycles. The van der Waals surface area contributed by atoms with E-state index in [0.29, 0.717) is 5.69 Å². The molecule has 1 saturated heterocycles. The predicted octanol–water partition coefficient (Wildman–Crippen LogP) is 4.29. The first-order valence-electron chi connectivity index (χ1n) is 9.73. The van der Waals surface area contributed by atoms with E-state index in [9.17, 15) is 8.78 Å². The molecule has 0 aliphatic carbocycles. The fourth-order valence-electron chi connectivity index (χ4n) is 3.97. The number of aromatic nitrogens is 1. The van der Waals surface area contributed by atoms with Gasteiger partial charge in [-0.3, -0.25) is 0 Å². The van der Waals surface area contributed by atoms with Gasteiger partial charge in [-0.25, -0.2) is 13.8 Å². The van der Waals surface area contributed by atoms with E-state index in [-0.39, 0.29) is 18.5 Å². The number of halogens is 2. The minimum Gasteiger partial charge on any atom is -0.355 e. The van der Waals surface area contributed by atoms with Crippen molar-refractivity contribution < 1.29 is 8.78 Å². The van der Waals surface area contributed by atoms with Gasteiger partial charge in [0.05, 0.1) is 5.69 Å². The third kappa shape index (κ3) is 3.43. The second-order valence-electron chi connectivity index (χ2n) is 7.71. The molecule has 1 fully saturated rings. The molecule has 0 atom stereocenters. The molecule has 1 aromatic heterocycles. The molecule has 4 nitrogen and oxygen atoms in total. The Bertz CT molecular complexity index is 871. The maximum atomic E-state index is 14.4. The number of hydrogen-bond donors (Lipinski definition) is 0. The van der Waals surface area contributed by atoms with E-state index in [1.165, 1.54) is 0 Å². The van der Waals surface area contributed by atoms with Crippen molar-refractivity contribution >= 4 is 11.5 Å². The highest BCUT2D eigenvalue weighted by Gasteiger charge is 2.40. The van der Waals surface area contributed by atoms with Gasteiger partial charge >= 0.3 is 0 Å². The summed E-state index contributed by atoms with van der Waals surface area (Å²) in [4.78, 5) is 10.9. The second-order valence-corrected chi connectivity index (χ2v) is 7.71. The van der Waals surface area contributed by atoms with Crippen LogP contribution in [0.4, 0.5) is 20.3 Å². The Labute approximate surface area is 165 Å². The maximum absolute atomic E-state index is 14.4. The van der Waals surface area contributed by atoms with Gasteiger partial charge in [0.15, 0.2) is 0 Å². The number of anilines is 2. The van der Waals surface area contributed by atoms with E-state index >= 15 is 0 Å². The molecule has 2 aliphatic rings. The first-order valence-corrected chi connectivity index (χ1v) is 9.73. The van der Waals surface area contributed by atoms with Crippen molar-refractivity contribution in [3.05, 3.63) is 65.6 Å². The van der Waals surface area contributed by atoms with Gasteiger partial charge in [-0.15, -0.1) is 0 Å². The van der Waals surface area contributed by atoms with Crippen molar-refractivity contribution in [2.24, 2.45) is 0 Å². The molecule has 2 aromatic rings. The number of fused-ring (bicyclic) bond motifs is 1. The average Bonchev–Trinajstić information content (AvgIpc) is 2.69. The molecule has 0 saturated carbocycles. The van der Waals surface area contributed by atoms with E-state index in [0.717, 1.165) is 48.9 Å². The number of hydrogen-bond acceptors (Lipinski definition) is 4. The first-order chi connectivity index (χ1) is 13.3. The van der Waals surface area contributed by atoms with Gasteiger partial charge in [-0.1, -0.05) is 24.3 Å². The SMILES string of the molecule is C=C(N1CCN(c2ccc(C)cn2)CC1)N1CCC(F)(F)c2cc(C)ccc21. The number of piperazine rings is 1. The monoisotopic (exact) mass is 384 g/mol. The highest BCUT2D eigenvalue weighted by Crippen LogP contribution is 2.44. The lowest BCUT2D eigenvalue weighted by molar-refractivity contribution is -0.0151. The lowest BCUT2D eigenvalue weighted by Crippen LogP contribution is -2.50. The summed E-state index contributed by atoms with van der Waals surface area (Å²) in [7, 11) is 0. The molecule has 3 heterocycles. The molecule has 6 heteroatoms. The summed E-state index contributed by atoms with van der Waals surface area (Å²) in [5.74, 6) is -1.00. The Morgan fingerprint density at radius 1 is 1.00 bits per heavy atom. The van der Waals surface area contributed by atoms with Gasteiger partial charge in [0.25, 0.3) is 5.92 Å². The Morgan fingerprint density at radius 2 is 1.71 bits per heavy atom. The van der Waals surface area contributed by atoms with Gasteiger partial charge in [0.2, 0.25) is 0 Å². The molecule has 1 aromatic carbocycles. The minimum atomic E-state index is -2.78. The van der Waals surface area contributed by atoms with Crippen LogP contribution >= 0.6 is 0 Å². The van der Waals surface area contributed by atoms with Crippen LogP contribution in [-0.2, 0) is 5.92 Å². The van der Waals surface area contributed by atoms with Gasteiger partial charge in [-0.2, -0.15) is 0 Å². The summed E-state index contributed by atoms with van der Waals surface area (Å²) < 4.78 is 28.9. The van der Waals surface area contributed by atoms with Gasteiger partial charge < -0.3 is 14.7 Å². The fourth-order valence-corrected chi connectivity index (χ4v) is 3.97. The van der Waals surface area contributed by atoms with Crippen LogP contribution in [-0.4, -0.2) is 42.6 Å². The average molecular weight is 384 g/mol. The van der Waals surface area contributed by atoms with Crippen LogP contribution in [0.3, 0.4) is 0 Å². The second kappa shape index (κ2) is 7.08. The van der Waals surface area contributed by atoms with Gasteiger partial charge in [-0.05, 0) is 37.6 Å². The molecule has 0 bridgehead atoms. The lowest BCUT2D eigenvalue weighted by atomic mass is 9.96. The first kappa shape index (κ1) is 18.7. The Balaban J connectivity index is 1.48. The Kier molecular flexibility index (Phi) is 4.73. The maximum Gasteiger partial charge on any atom is 0.276 e. The summed E-state index contributed by atoms with van der Waals surface area (Å²) >= 11 is 0. The molecule has 0 radical (unpaired) electrons. The van der Waals surface area contributed by atoms with Crippen LogP contribution in [0.2, 0.25) is 0 Å². The molecule has 0 N–H and O–H groups in total. The van der Waals surface area contributed by atoms with Crippen LogP contribution in [0.25, 0.3) is 0 Å². The third-order valence-corrected chi connectivity index (χ3v) is 5.66. The highest BCUT2D eigenvalue weighted by atomic mass is 19.3. The summed E-state index contributed by atoms with van der Waals surface area (Å²) in [5, 5.41) is 0. The zero-order chi connectivity index (χ0) is 19.9. The van der Waals surface area contributed by atoms with Gasteiger partial charge in [0, 0.05) is 50.9 Å². The summed E-state index contributed by atoms with van der Waals surface area (Å²) in [6.45, 7) is 11.7. The number of rotatable bonds is 3. The molecule has 0 spiro atoms. The van der Waals surface area contributed by atoms with Gasteiger partial charge in [0.1, 0.15) is 11.6 Å². The quantitative estimate of drug-likeness (QED) is 0.787. The molecule has 0 amide bonds.